The van der Waals surface area contributed by atoms with Crippen molar-refractivity contribution in [3.8, 4) is 5.88 Å². The number of aromatic nitrogens is 2. The van der Waals surface area contributed by atoms with Crippen molar-refractivity contribution in [3.05, 3.63) is 23.1 Å². The van der Waals surface area contributed by atoms with Crippen LogP contribution in [-0.2, 0) is 0 Å². The Labute approximate surface area is 87.2 Å². The standard InChI is InChI=1S/C8H9ClN2OS/c1-12-7-6(3-2-4-13)5-10-8(9)11-7/h2-3,5,13H,4H2,1H3. The molecule has 1 heterocycles. The van der Waals surface area contributed by atoms with Gasteiger partial charge in [0.25, 0.3) is 0 Å². The minimum atomic E-state index is 0.180. The molecule has 3 nitrogen and oxygen atoms in total. The van der Waals surface area contributed by atoms with Gasteiger partial charge in [0.1, 0.15) is 0 Å². The fourth-order valence-corrected chi connectivity index (χ4v) is 1.04. The van der Waals surface area contributed by atoms with Crippen LogP contribution in [0.15, 0.2) is 12.3 Å². The number of nitrogens with zero attached hydrogens (tertiary/aromatic N) is 2. The first-order valence-electron chi connectivity index (χ1n) is 3.62. The number of thiol groups is 1. The maximum absolute atomic E-state index is 5.59. The Bertz CT molecular complexity index is 317. The van der Waals surface area contributed by atoms with E-state index in [1.165, 1.54) is 7.11 Å². The first kappa shape index (κ1) is 10.3. The van der Waals surface area contributed by atoms with Gasteiger partial charge in [-0.15, -0.1) is 0 Å². The van der Waals surface area contributed by atoms with E-state index in [1.807, 2.05) is 12.2 Å². The molecule has 0 aromatic carbocycles. The molecule has 5 heteroatoms. The summed E-state index contributed by atoms with van der Waals surface area (Å²) in [4.78, 5) is 7.74. The third-order valence-electron chi connectivity index (χ3n) is 1.35. The molecule has 0 spiro atoms. The quantitative estimate of drug-likeness (QED) is 0.621. The van der Waals surface area contributed by atoms with E-state index in [0.29, 0.717) is 11.6 Å². The van der Waals surface area contributed by atoms with Gasteiger partial charge in [-0.1, -0.05) is 12.2 Å². The van der Waals surface area contributed by atoms with Crippen LogP contribution in [0.25, 0.3) is 6.08 Å². The predicted octanol–water partition coefficient (Wildman–Crippen LogP) is 2.08. The molecule has 0 fully saturated rings. The lowest BCUT2D eigenvalue weighted by Gasteiger charge is -2.01. The van der Waals surface area contributed by atoms with Gasteiger partial charge in [0.05, 0.1) is 12.7 Å². The zero-order chi connectivity index (χ0) is 9.68. The van der Waals surface area contributed by atoms with E-state index in [4.69, 9.17) is 16.3 Å². The van der Waals surface area contributed by atoms with Crippen molar-refractivity contribution in [3.63, 3.8) is 0 Å². The average molecular weight is 217 g/mol. The van der Waals surface area contributed by atoms with Gasteiger partial charge in [-0.2, -0.15) is 17.6 Å². The van der Waals surface area contributed by atoms with E-state index < -0.39 is 0 Å². The van der Waals surface area contributed by atoms with Crippen LogP contribution < -0.4 is 4.74 Å². The summed E-state index contributed by atoms with van der Waals surface area (Å²) in [6.45, 7) is 0. The van der Waals surface area contributed by atoms with Crippen molar-refractivity contribution in [2.24, 2.45) is 0 Å². The fraction of sp³-hybridized carbons (Fsp3) is 0.250. The molecule has 0 unspecified atom stereocenters. The summed E-state index contributed by atoms with van der Waals surface area (Å²) in [6.07, 6.45) is 5.31. The van der Waals surface area contributed by atoms with Crippen molar-refractivity contribution in [1.82, 2.24) is 9.97 Å². The topological polar surface area (TPSA) is 35.0 Å². The highest BCUT2D eigenvalue weighted by molar-refractivity contribution is 7.80. The summed E-state index contributed by atoms with van der Waals surface area (Å²) < 4.78 is 5.01. The lowest BCUT2D eigenvalue weighted by atomic mass is 10.3. The lowest BCUT2D eigenvalue weighted by Crippen LogP contribution is -1.93. The number of halogens is 1. The molecule has 0 bridgehead atoms. The second-order valence-electron chi connectivity index (χ2n) is 2.19. The molecule has 0 aliphatic rings. The van der Waals surface area contributed by atoms with E-state index in [1.54, 1.807) is 6.20 Å². The van der Waals surface area contributed by atoms with Crippen LogP contribution in [0, 0.1) is 0 Å². The molecular weight excluding hydrogens is 208 g/mol. The molecule has 0 atom stereocenters. The van der Waals surface area contributed by atoms with Crippen LogP contribution in [0.2, 0.25) is 5.28 Å². The van der Waals surface area contributed by atoms with E-state index in [-0.39, 0.29) is 5.28 Å². The molecule has 1 aromatic rings. The number of hydrogen-bond donors (Lipinski definition) is 1. The summed E-state index contributed by atoms with van der Waals surface area (Å²) in [7, 11) is 1.54. The fourth-order valence-electron chi connectivity index (χ4n) is 0.813. The van der Waals surface area contributed by atoms with Crippen LogP contribution in [0.4, 0.5) is 0 Å². The molecule has 0 saturated heterocycles. The third-order valence-corrected chi connectivity index (χ3v) is 1.74. The Morgan fingerprint density at radius 1 is 1.69 bits per heavy atom. The van der Waals surface area contributed by atoms with Crippen LogP contribution in [0.5, 0.6) is 5.88 Å². The highest BCUT2D eigenvalue weighted by Crippen LogP contribution is 2.17. The highest BCUT2D eigenvalue weighted by atomic mass is 35.5. The van der Waals surface area contributed by atoms with Gasteiger partial charge in [-0.05, 0) is 11.6 Å². The summed E-state index contributed by atoms with van der Waals surface area (Å²) >= 11 is 9.63. The summed E-state index contributed by atoms with van der Waals surface area (Å²) in [5.74, 6) is 1.13. The van der Waals surface area contributed by atoms with Crippen molar-refractivity contribution in [1.29, 1.82) is 0 Å². The maximum Gasteiger partial charge on any atom is 0.225 e. The highest BCUT2D eigenvalue weighted by Gasteiger charge is 2.02. The molecule has 0 amide bonds. The molecule has 1 rings (SSSR count). The van der Waals surface area contributed by atoms with Crippen LogP contribution in [-0.4, -0.2) is 22.8 Å². The largest absolute Gasteiger partial charge is 0.480 e. The number of rotatable bonds is 3. The van der Waals surface area contributed by atoms with Gasteiger partial charge in [0.15, 0.2) is 0 Å². The van der Waals surface area contributed by atoms with Crippen LogP contribution in [0.3, 0.4) is 0 Å². The average Bonchev–Trinajstić information content (AvgIpc) is 2.16. The van der Waals surface area contributed by atoms with Gasteiger partial charge in [0.2, 0.25) is 11.2 Å². The van der Waals surface area contributed by atoms with Crippen molar-refractivity contribution in [2.75, 3.05) is 12.9 Å². The van der Waals surface area contributed by atoms with Crippen molar-refractivity contribution >= 4 is 30.3 Å². The zero-order valence-electron chi connectivity index (χ0n) is 7.07. The van der Waals surface area contributed by atoms with Crippen LogP contribution in [0.1, 0.15) is 5.56 Å². The summed E-state index contributed by atoms with van der Waals surface area (Å²) in [5.41, 5.74) is 0.793. The third kappa shape index (κ3) is 2.90. The van der Waals surface area contributed by atoms with Crippen molar-refractivity contribution in [2.45, 2.75) is 0 Å². The molecular formula is C8H9ClN2OS. The molecule has 13 heavy (non-hydrogen) atoms. The number of ether oxygens (including phenoxy) is 1. The molecule has 0 aliphatic heterocycles. The Hall–Kier alpha value is -0.740. The van der Waals surface area contributed by atoms with Gasteiger partial charge < -0.3 is 4.74 Å². The number of hydrogen-bond acceptors (Lipinski definition) is 4. The monoisotopic (exact) mass is 216 g/mol. The molecule has 1 aromatic heterocycles. The van der Waals surface area contributed by atoms with Gasteiger partial charge in [0, 0.05) is 11.9 Å². The zero-order valence-corrected chi connectivity index (χ0v) is 8.72. The Morgan fingerprint density at radius 2 is 2.46 bits per heavy atom. The Kier molecular flexibility index (Phi) is 4.05. The normalized spacial score (nSPS) is 10.7. The Balaban J connectivity index is 2.99. The first-order chi connectivity index (χ1) is 6.27. The molecule has 0 saturated carbocycles. The van der Waals surface area contributed by atoms with Gasteiger partial charge in [-0.3, -0.25) is 0 Å². The predicted molar refractivity (Wildman–Crippen MR) is 56.5 cm³/mol. The smallest absolute Gasteiger partial charge is 0.225 e. The second-order valence-corrected chi connectivity index (χ2v) is 2.89. The van der Waals surface area contributed by atoms with E-state index in [9.17, 15) is 0 Å². The SMILES string of the molecule is COc1nc(Cl)ncc1C=CCS. The first-order valence-corrected chi connectivity index (χ1v) is 4.63. The molecule has 0 N–H and O–H groups in total. The minimum Gasteiger partial charge on any atom is -0.480 e. The minimum absolute atomic E-state index is 0.180. The second kappa shape index (κ2) is 5.09. The van der Waals surface area contributed by atoms with Crippen molar-refractivity contribution < 1.29 is 4.74 Å². The molecule has 0 aliphatic carbocycles. The van der Waals surface area contributed by atoms with E-state index >= 15 is 0 Å². The van der Waals surface area contributed by atoms with Gasteiger partial charge in [-0.25, -0.2) is 4.98 Å². The lowest BCUT2D eigenvalue weighted by molar-refractivity contribution is 0.396. The molecule has 0 radical (unpaired) electrons. The molecule has 70 valence electrons. The summed E-state index contributed by atoms with van der Waals surface area (Å²) in [6, 6.07) is 0. The summed E-state index contributed by atoms with van der Waals surface area (Å²) in [5, 5.41) is 0.180. The maximum atomic E-state index is 5.59. The van der Waals surface area contributed by atoms with E-state index in [2.05, 4.69) is 22.6 Å². The van der Waals surface area contributed by atoms with Gasteiger partial charge >= 0.3 is 0 Å². The van der Waals surface area contributed by atoms with E-state index in [0.717, 1.165) is 5.56 Å². The Morgan fingerprint density at radius 3 is 3.08 bits per heavy atom. The number of methoxy groups -OCH3 is 1. The van der Waals surface area contributed by atoms with Crippen LogP contribution >= 0.6 is 24.2 Å².